The molecule has 0 saturated carbocycles. The third kappa shape index (κ3) is 3.97. The summed E-state index contributed by atoms with van der Waals surface area (Å²) in [5, 5.41) is 0. The SMILES string of the molecule is FC(F)=C(F)C(F)(F)F.[Ag]. The molecular formula is C3AgF6. The Morgan fingerprint density at radius 1 is 0.900 bits per heavy atom. The Balaban J connectivity index is 0. The van der Waals surface area contributed by atoms with Crippen molar-refractivity contribution in [3.05, 3.63) is 11.9 Å². The fourth-order valence-corrected chi connectivity index (χ4v) is 0.107. The molecule has 0 nitrogen and oxygen atoms in total. The van der Waals surface area contributed by atoms with Gasteiger partial charge in [-0.1, -0.05) is 0 Å². The van der Waals surface area contributed by atoms with Gasteiger partial charge in [-0.25, -0.2) is 0 Å². The quantitative estimate of drug-likeness (QED) is 0.462. The molecule has 0 fully saturated rings. The minimum atomic E-state index is -5.56. The molecule has 0 aliphatic carbocycles. The van der Waals surface area contributed by atoms with Crippen molar-refractivity contribution in [1.29, 1.82) is 0 Å². The molecule has 0 aliphatic rings. The largest absolute Gasteiger partial charge is 0.448 e. The molecule has 7 heteroatoms. The van der Waals surface area contributed by atoms with Crippen LogP contribution in [0.15, 0.2) is 11.9 Å². The van der Waals surface area contributed by atoms with Crippen LogP contribution in [0.2, 0.25) is 0 Å². The molecule has 0 bridgehead atoms. The number of halogens is 6. The zero-order valence-electron chi connectivity index (χ0n) is 4.07. The predicted molar refractivity (Wildman–Crippen MR) is 16.4 cm³/mol. The molecule has 0 heterocycles. The first-order valence-electron chi connectivity index (χ1n) is 1.63. The van der Waals surface area contributed by atoms with Crippen molar-refractivity contribution in [2.75, 3.05) is 0 Å². The number of rotatable bonds is 0. The van der Waals surface area contributed by atoms with Crippen LogP contribution in [0.3, 0.4) is 0 Å². The molecular weight excluding hydrogens is 258 g/mol. The Bertz CT molecular complexity index is 130. The van der Waals surface area contributed by atoms with Crippen LogP contribution in [0.1, 0.15) is 0 Å². The molecule has 0 N–H and O–H groups in total. The molecule has 10 heavy (non-hydrogen) atoms. The molecule has 0 aliphatic heterocycles. The minimum absolute atomic E-state index is 0. The Hall–Kier alpha value is 0.0603. The van der Waals surface area contributed by atoms with Crippen molar-refractivity contribution in [1.82, 2.24) is 0 Å². The van der Waals surface area contributed by atoms with Gasteiger partial charge in [0.05, 0.1) is 0 Å². The van der Waals surface area contributed by atoms with E-state index in [1.54, 1.807) is 0 Å². The number of hydrogen-bond donors (Lipinski definition) is 0. The first kappa shape index (κ1) is 12.7. The number of allylic oxidation sites excluding steroid dienone is 1. The normalized spacial score (nSPS) is 10.2. The summed E-state index contributed by atoms with van der Waals surface area (Å²) < 4.78 is 64.8. The third-order valence-electron chi connectivity index (χ3n) is 0.415. The molecule has 0 aromatic heterocycles. The molecule has 0 amide bonds. The Kier molecular flexibility index (Phi) is 5.14. The van der Waals surface area contributed by atoms with Gasteiger partial charge in [-0.3, -0.25) is 0 Å². The monoisotopic (exact) mass is 257 g/mol. The predicted octanol–water partition coefficient (Wildman–Crippen LogP) is 2.62. The Labute approximate surface area is 67.4 Å². The molecule has 65 valence electrons. The molecule has 0 aromatic carbocycles. The average Bonchev–Trinajstić information content (AvgIpc) is 1.62. The summed E-state index contributed by atoms with van der Waals surface area (Å²) in [6, 6.07) is 0. The molecule has 0 aromatic rings. The maximum Gasteiger partial charge on any atom is 0.448 e. The second-order valence-electron chi connectivity index (χ2n) is 1.07. The first-order chi connectivity index (χ1) is 3.85. The van der Waals surface area contributed by atoms with Crippen molar-refractivity contribution in [2.45, 2.75) is 6.18 Å². The van der Waals surface area contributed by atoms with Crippen LogP contribution in [-0.2, 0) is 22.4 Å². The van der Waals surface area contributed by atoms with Gasteiger partial charge in [-0.2, -0.15) is 26.3 Å². The van der Waals surface area contributed by atoms with Gasteiger partial charge >= 0.3 is 12.3 Å². The minimum Gasteiger partial charge on any atom is -0.196 e. The van der Waals surface area contributed by atoms with Crippen LogP contribution in [0.4, 0.5) is 26.3 Å². The van der Waals surface area contributed by atoms with Gasteiger partial charge in [0.25, 0.3) is 5.83 Å². The zero-order chi connectivity index (χ0) is 7.65. The smallest absolute Gasteiger partial charge is 0.196 e. The van der Waals surface area contributed by atoms with Crippen LogP contribution < -0.4 is 0 Å². The topological polar surface area (TPSA) is 0 Å². The van der Waals surface area contributed by atoms with E-state index in [1.165, 1.54) is 0 Å². The van der Waals surface area contributed by atoms with E-state index in [1.807, 2.05) is 0 Å². The number of alkyl halides is 3. The van der Waals surface area contributed by atoms with E-state index in [0.29, 0.717) is 0 Å². The number of hydrogen-bond acceptors (Lipinski definition) is 0. The van der Waals surface area contributed by atoms with Crippen LogP contribution in [0.5, 0.6) is 0 Å². The van der Waals surface area contributed by atoms with Gasteiger partial charge in [0.1, 0.15) is 0 Å². The molecule has 0 atom stereocenters. The van der Waals surface area contributed by atoms with Crippen LogP contribution >= 0.6 is 0 Å². The molecule has 0 rings (SSSR count). The first-order valence-corrected chi connectivity index (χ1v) is 1.63. The summed E-state index contributed by atoms with van der Waals surface area (Å²) in [4.78, 5) is 0. The summed E-state index contributed by atoms with van der Waals surface area (Å²) in [7, 11) is 0. The van der Waals surface area contributed by atoms with E-state index in [2.05, 4.69) is 0 Å². The van der Waals surface area contributed by atoms with E-state index < -0.39 is 18.1 Å². The van der Waals surface area contributed by atoms with Crippen LogP contribution in [0.25, 0.3) is 0 Å². The Morgan fingerprint density at radius 3 is 1.20 bits per heavy atom. The maximum atomic E-state index is 11.0. The van der Waals surface area contributed by atoms with Crippen LogP contribution in [-0.4, -0.2) is 6.18 Å². The van der Waals surface area contributed by atoms with E-state index in [0.717, 1.165) is 0 Å². The summed E-state index contributed by atoms with van der Waals surface area (Å²) in [6.45, 7) is 0. The van der Waals surface area contributed by atoms with Gasteiger partial charge in [0, 0.05) is 22.4 Å². The molecule has 0 unspecified atom stereocenters. The van der Waals surface area contributed by atoms with Gasteiger partial charge in [0.2, 0.25) is 0 Å². The van der Waals surface area contributed by atoms with Gasteiger partial charge in [-0.05, 0) is 0 Å². The maximum absolute atomic E-state index is 11.0. The fourth-order valence-electron chi connectivity index (χ4n) is 0.107. The van der Waals surface area contributed by atoms with Gasteiger partial charge in [0.15, 0.2) is 0 Å². The van der Waals surface area contributed by atoms with Gasteiger partial charge in [-0.15, -0.1) is 0 Å². The second-order valence-corrected chi connectivity index (χ2v) is 1.07. The molecule has 0 spiro atoms. The molecule has 1 radical (unpaired) electrons. The van der Waals surface area contributed by atoms with E-state index >= 15 is 0 Å². The summed E-state index contributed by atoms with van der Waals surface area (Å²) >= 11 is 0. The van der Waals surface area contributed by atoms with Crippen molar-refractivity contribution < 1.29 is 48.7 Å². The van der Waals surface area contributed by atoms with Crippen molar-refractivity contribution >= 4 is 0 Å². The van der Waals surface area contributed by atoms with E-state index in [9.17, 15) is 26.3 Å². The van der Waals surface area contributed by atoms with Crippen LogP contribution in [0, 0.1) is 0 Å². The van der Waals surface area contributed by atoms with Gasteiger partial charge < -0.3 is 0 Å². The summed E-state index contributed by atoms with van der Waals surface area (Å²) in [5.74, 6) is -3.33. The fraction of sp³-hybridized carbons (Fsp3) is 0.333. The summed E-state index contributed by atoms with van der Waals surface area (Å²) in [6.07, 6.45) is -8.90. The van der Waals surface area contributed by atoms with E-state index in [-0.39, 0.29) is 22.4 Å². The van der Waals surface area contributed by atoms with E-state index in [4.69, 9.17) is 0 Å². The van der Waals surface area contributed by atoms with Crippen molar-refractivity contribution in [3.63, 3.8) is 0 Å². The van der Waals surface area contributed by atoms with Crippen molar-refractivity contribution in [3.8, 4) is 0 Å². The molecule has 0 saturated heterocycles. The average molecular weight is 258 g/mol. The zero-order valence-corrected chi connectivity index (χ0v) is 5.55. The third-order valence-corrected chi connectivity index (χ3v) is 0.415. The Morgan fingerprint density at radius 2 is 1.20 bits per heavy atom. The summed E-state index contributed by atoms with van der Waals surface area (Å²) in [5.41, 5.74) is 0. The second kappa shape index (κ2) is 4.05. The van der Waals surface area contributed by atoms with Crippen molar-refractivity contribution in [2.24, 2.45) is 0 Å². The standard InChI is InChI=1S/C3F6.Ag/c4-1(2(5)6)3(7,8)9;.